The van der Waals surface area contributed by atoms with Gasteiger partial charge in [0.05, 0.1) is 25.3 Å². The lowest BCUT2D eigenvalue weighted by molar-refractivity contribution is -0.118. The summed E-state index contributed by atoms with van der Waals surface area (Å²) >= 11 is 0. The fourth-order valence-electron chi connectivity index (χ4n) is 3.74. The molecule has 0 aliphatic carbocycles. The average molecular weight is 372 g/mol. The molecule has 2 aliphatic heterocycles. The van der Waals surface area contributed by atoms with Crippen molar-refractivity contribution in [2.24, 2.45) is 0 Å². The zero-order valence-electron chi connectivity index (χ0n) is 15.1. The summed E-state index contributed by atoms with van der Waals surface area (Å²) in [7, 11) is 0. The lowest BCUT2D eigenvalue weighted by Crippen LogP contribution is -2.39. The highest BCUT2D eigenvalue weighted by molar-refractivity contribution is 5.97. The molecule has 1 saturated heterocycles. The Labute approximate surface area is 155 Å². The molecule has 1 aromatic carbocycles. The predicted octanol–water partition coefficient (Wildman–Crippen LogP) is 1.27. The number of nitrogens with zero attached hydrogens (tertiary/aromatic N) is 3. The molecule has 1 aromatic heterocycles. The van der Waals surface area contributed by atoms with Crippen LogP contribution in [0.1, 0.15) is 18.3 Å². The van der Waals surface area contributed by atoms with E-state index in [1.165, 1.54) is 12.1 Å². The van der Waals surface area contributed by atoms with Gasteiger partial charge >= 0.3 is 0 Å². The van der Waals surface area contributed by atoms with Gasteiger partial charge in [-0.1, -0.05) is 6.07 Å². The standard InChI is InChI=1S/C19H21FN4O3/c1-12-9-13-14(20)3-2-4-15(13)24(12)19(26)10-16-21-17(11-18(25)22-16)23-5-7-27-8-6-23/h2-4,11-12H,5-10H2,1H3,(H,21,22,25)/t12-/m0/s1. The maximum atomic E-state index is 14.0. The fraction of sp³-hybridized carbons (Fsp3) is 0.421. The first-order valence-corrected chi connectivity index (χ1v) is 9.05. The molecule has 4 rings (SSSR count). The maximum absolute atomic E-state index is 14.0. The first kappa shape index (κ1) is 17.7. The number of hydrogen-bond donors (Lipinski definition) is 1. The Balaban J connectivity index is 1.58. The number of morpholine rings is 1. The number of ether oxygens (including phenoxy) is 1. The van der Waals surface area contributed by atoms with E-state index in [2.05, 4.69) is 9.97 Å². The first-order valence-electron chi connectivity index (χ1n) is 9.05. The molecule has 1 fully saturated rings. The van der Waals surface area contributed by atoms with E-state index in [1.807, 2.05) is 11.8 Å². The van der Waals surface area contributed by atoms with Crippen molar-refractivity contribution >= 4 is 17.4 Å². The van der Waals surface area contributed by atoms with Gasteiger partial charge in [-0.25, -0.2) is 9.37 Å². The number of fused-ring (bicyclic) bond motifs is 1. The third kappa shape index (κ3) is 3.44. The van der Waals surface area contributed by atoms with Crippen LogP contribution in [0.25, 0.3) is 0 Å². The Kier molecular flexibility index (Phi) is 4.65. The van der Waals surface area contributed by atoms with E-state index in [9.17, 15) is 14.0 Å². The number of amides is 1. The second-order valence-electron chi connectivity index (χ2n) is 6.88. The fourth-order valence-corrected chi connectivity index (χ4v) is 3.74. The van der Waals surface area contributed by atoms with Gasteiger partial charge in [0.1, 0.15) is 17.5 Å². The van der Waals surface area contributed by atoms with Crippen LogP contribution in [0.15, 0.2) is 29.1 Å². The Bertz CT molecular complexity index is 923. The molecule has 27 heavy (non-hydrogen) atoms. The highest BCUT2D eigenvalue weighted by Gasteiger charge is 2.33. The summed E-state index contributed by atoms with van der Waals surface area (Å²) in [6, 6.07) is 6.05. The number of rotatable bonds is 3. The normalized spacial score (nSPS) is 19.3. The minimum absolute atomic E-state index is 0.0479. The molecule has 2 aliphatic rings. The molecule has 1 N–H and O–H groups in total. The van der Waals surface area contributed by atoms with Crippen molar-refractivity contribution in [3.8, 4) is 0 Å². The number of halogens is 1. The van der Waals surface area contributed by atoms with Crippen LogP contribution in [0.4, 0.5) is 15.9 Å². The highest BCUT2D eigenvalue weighted by atomic mass is 19.1. The summed E-state index contributed by atoms with van der Waals surface area (Å²) in [6.07, 6.45) is 0.430. The minimum atomic E-state index is -0.296. The molecule has 8 heteroatoms. The van der Waals surface area contributed by atoms with Gasteiger partial charge in [-0.2, -0.15) is 0 Å². The number of benzene rings is 1. The van der Waals surface area contributed by atoms with Gasteiger partial charge in [-0.05, 0) is 25.5 Å². The van der Waals surface area contributed by atoms with Gasteiger partial charge in [0, 0.05) is 30.8 Å². The number of carbonyl (C=O) groups is 1. The van der Waals surface area contributed by atoms with E-state index in [1.54, 1.807) is 17.0 Å². The summed E-state index contributed by atoms with van der Waals surface area (Å²) in [5.74, 6) is 0.349. The summed E-state index contributed by atoms with van der Waals surface area (Å²) in [5, 5.41) is 0. The van der Waals surface area contributed by atoms with Crippen molar-refractivity contribution in [1.29, 1.82) is 0 Å². The van der Waals surface area contributed by atoms with Crippen molar-refractivity contribution < 1.29 is 13.9 Å². The molecular weight excluding hydrogens is 351 g/mol. The van der Waals surface area contributed by atoms with Crippen molar-refractivity contribution in [2.45, 2.75) is 25.8 Å². The van der Waals surface area contributed by atoms with Gasteiger partial charge < -0.3 is 19.5 Å². The molecule has 142 valence electrons. The SMILES string of the molecule is C[C@H]1Cc2c(F)cccc2N1C(=O)Cc1nc(N2CCOCC2)cc(=O)[nH]1. The molecule has 0 unspecified atom stereocenters. The Morgan fingerprint density at radius 2 is 2.15 bits per heavy atom. The van der Waals surface area contributed by atoms with Gasteiger partial charge in [0.25, 0.3) is 5.56 Å². The van der Waals surface area contributed by atoms with Crippen LogP contribution in [0.2, 0.25) is 0 Å². The van der Waals surface area contributed by atoms with Crippen molar-refractivity contribution in [2.75, 3.05) is 36.1 Å². The molecule has 0 spiro atoms. The van der Waals surface area contributed by atoms with E-state index in [4.69, 9.17) is 4.74 Å². The molecule has 1 amide bonds. The second kappa shape index (κ2) is 7.11. The lowest BCUT2D eigenvalue weighted by atomic mass is 10.1. The quantitative estimate of drug-likeness (QED) is 0.878. The summed E-state index contributed by atoms with van der Waals surface area (Å²) in [6.45, 7) is 4.35. The van der Waals surface area contributed by atoms with E-state index in [0.717, 1.165) is 0 Å². The average Bonchev–Trinajstić information content (AvgIpc) is 2.99. The minimum Gasteiger partial charge on any atom is -0.378 e. The Morgan fingerprint density at radius 1 is 1.37 bits per heavy atom. The molecule has 0 saturated carbocycles. The number of hydrogen-bond acceptors (Lipinski definition) is 5. The molecule has 0 radical (unpaired) electrons. The van der Waals surface area contributed by atoms with Crippen LogP contribution in [0.5, 0.6) is 0 Å². The van der Waals surface area contributed by atoms with Crippen LogP contribution in [-0.2, 0) is 22.4 Å². The summed E-state index contributed by atoms with van der Waals surface area (Å²) < 4.78 is 19.3. The Morgan fingerprint density at radius 3 is 2.93 bits per heavy atom. The van der Waals surface area contributed by atoms with Crippen LogP contribution in [-0.4, -0.2) is 48.2 Å². The second-order valence-corrected chi connectivity index (χ2v) is 6.88. The zero-order valence-corrected chi connectivity index (χ0v) is 15.1. The summed E-state index contributed by atoms with van der Waals surface area (Å²) in [4.78, 5) is 35.6. The van der Waals surface area contributed by atoms with Crippen LogP contribution >= 0.6 is 0 Å². The zero-order chi connectivity index (χ0) is 19.0. The van der Waals surface area contributed by atoms with Crippen molar-refractivity contribution in [3.63, 3.8) is 0 Å². The van der Waals surface area contributed by atoms with Gasteiger partial charge in [-0.15, -0.1) is 0 Å². The molecule has 7 nitrogen and oxygen atoms in total. The lowest BCUT2D eigenvalue weighted by Gasteiger charge is -2.28. The predicted molar refractivity (Wildman–Crippen MR) is 98.6 cm³/mol. The number of H-pyrrole nitrogens is 1. The third-order valence-corrected chi connectivity index (χ3v) is 4.99. The van der Waals surface area contributed by atoms with Gasteiger partial charge in [0.2, 0.25) is 5.91 Å². The smallest absolute Gasteiger partial charge is 0.252 e. The monoisotopic (exact) mass is 372 g/mol. The molecule has 0 bridgehead atoms. The molecule has 1 atom stereocenters. The highest BCUT2D eigenvalue weighted by Crippen LogP contribution is 2.34. The largest absolute Gasteiger partial charge is 0.378 e. The topological polar surface area (TPSA) is 78.5 Å². The van der Waals surface area contributed by atoms with E-state index in [-0.39, 0.29) is 29.7 Å². The van der Waals surface area contributed by atoms with E-state index in [0.29, 0.717) is 55.6 Å². The number of anilines is 2. The molecule has 2 aromatic rings. The molecular formula is C19H21FN4O3. The van der Waals surface area contributed by atoms with Crippen LogP contribution < -0.4 is 15.4 Å². The van der Waals surface area contributed by atoms with Crippen molar-refractivity contribution in [3.05, 3.63) is 51.8 Å². The van der Waals surface area contributed by atoms with Gasteiger partial charge in [0.15, 0.2) is 0 Å². The number of nitrogens with one attached hydrogen (secondary N) is 1. The summed E-state index contributed by atoms with van der Waals surface area (Å²) in [5.41, 5.74) is 0.858. The van der Waals surface area contributed by atoms with Gasteiger partial charge in [-0.3, -0.25) is 9.59 Å². The van der Waals surface area contributed by atoms with Crippen LogP contribution in [0.3, 0.4) is 0 Å². The van der Waals surface area contributed by atoms with E-state index < -0.39 is 0 Å². The molecule has 3 heterocycles. The first-order chi connectivity index (χ1) is 13.0. The van der Waals surface area contributed by atoms with Crippen LogP contribution in [0, 0.1) is 5.82 Å². The number of aromatic nitrogens is 2. The Hall–Kier alpha value is -2.74. The number of carbonyl (C=O) groups excluding carboxylic acids is 1. The van der Waals surface area contributed by atoms with E-state index >= 15 is 0 Å². The third-order valence-electron chi connectivity index (χ3n) is 4.99. The maximum Gasteiger partial charge on any atom is 0.252 e. The number of aromatic amines is 1. The van der Waals surface area contributed by atoms with Crippen molar-refractivity contribution in [1.82, 2.24) is 9.97 Å².